The largest absolute Gasteiger partial charge is 0.245 e. The summed E-state index contributed by atoms with van der Waals surface area (Å²) in [6.07, 6.45) is 0. The van der Waals surface area contributed by atoms with Crippen molar-refractivity contribution >= 4 is 0 Å². The molecule has 0 aliphatic rings. The maximum Gasteiger partial charge on any atom is 0.113 e. The second kappa shape index (κ2) is 4.43. The molecule has 0 fully saturated rings. The van der Waals surface area contributed by atoms with Crippen LogP contribution in [0.2, 0.25) is 0 Å². The lowest BCUT2D eigenvalue weighted by Gasteiger charge is -1.91. The van der Waals surface area contributed by atoms with Gasteiger partial charge in [0.05, 0.1) is 0 Å². The summed E-state index contributed by atoms with van der Waals surface area (Å²) in [5.74, 6) is 5.81. The maximum absolute atomic E-state index is 7.29. The number of hydrogen-bond donors (Lipinski definition) is 0. The van der Waals surface area contributed by atoms with Crippen molar-refractivity contribution in [3.05, 3.63) is 65.5 Å². The van der Waals surface area contributed by atoms with Crippen LogP contribution < -0.4 is 0 Å². The number of hydrogen-bond acceptors (Lipinski definition) is 1. The van der Waals surface area contributed by atoms with Gasteiger partial charge in [-0.05, 0) is 37.0 Å². The minimum Gasteiger partial charge on any atom is -0.245 e. The molecule has 1 aromatic heterocycles. The first-order chi connectivity index (χ1) is 8.55. The van der Waals surface area contributed by atoms with E-state index < -0.39 is 6.85 Å². The summed E-state index contributed by atoms with van der Waals surface area (Å²) in [5.41, 5.74) is 1.41. The number of nitrogens with zero attached hydrogens (tertiary/aromatic N) is 1. The number of benzene rings is 1. The van der Waals surface area contributed by atoms with Crippen LogP contribution in [0.3, 0.4) is 0 Å². The minimum absolute atomic E-state index is 0.0716. The third-order valence-corrected chi connectivity index (χ3v) is 1.86. The van der Waals surface area contributed by atoms with E-state index in [-0.39, 0.29) is 5.69 Å². The molecule has 0 aliphatic heterocycles. The lowest BCUT2D eigenvalue weighted by atomic mass is 10.2. The van der Waals surface area contributed by atoms with Gasteiger partial charge in [-0.3, -0.25) is 0 Å². The Hall–Kier alpha value is -2.07. The van der Waals surface area contributed by atoms with E-state index in [0.29, 0.717) is 5.69 Å². The molecule has 2 aromatic rings. The van der Waals surface area contributed by atoms with Gasteiger partial charge in [0.1, 0.15) is 5.69 Å². The molecule has 15 heavy (non-hydrogen) atoms. The Bertz CT molecular complexity index is 592. The zero-order chi connectivity index (χ0) is 13.0. The number of pyridine rings is 1. The molecule has 0 aliphatic carbocycles. The van der Waals surface area contributed by atoms with Crippen LogP contribution in [0.15, 0.2) is 48.5 Å². The monoisotopic (exact) mass is 199 g/mol. The fourth-order valence-corrected chi connectivity index (χ4v) is 1.16. The van der Waals surface area contributed by atoms with Gasteiger partial charge in [-0.15, -0.1) is 0 Å². The molecule has 2 rings (SSSR count). The van der Waals surface area contributed by atoms with Gasteiger partial charge in [0.15, 0.2) is 0 Å². The van der Waals surface area contributed by atoms with Gasteiger partial charge < -0.3 is 0 Å². The molecule has 1 aromatic carbocycles. The van der Waals surface area contributed by atoms with Crippen molar-refractivity contribution in [3.8, 4) is 11.8 Å². The van der Waals surface area contributed by atoms with E-state index in [0.717, 1.165) is 5.56 Å². The minimum atomic E-state index is -2.19. The number of aromatic nitrogens is 1. The van der Waals surface area contributed by atoms with Crippen molar-refractivity contribution in [3.63, 3.8) is 0 Å². The molecule has 0 saturated heterocycles. The summed E-state index contributed by atoms with van der Waals surface area (Å²) in [7, 11) is 0. The van der Waals surface area contributed by atoms with Gasteiger partial charge in [-0.1, -0.05) is 30.2 Å². The highest BCUT2D eigenvalue weighted by Crippen LogP contribution is 1.98. The molecule has 0 unspecified atom stereocenters. The van der Waals surface area contributed by atoms with E-state index in [2.05, 4.69) is 16.8 Å². The highest BCUT2D eigenvalue weighted by Gasteiger charge is 1.88. The van der Waals surface area contributed by atoms with Gasteiger partial charge >= 0.3 is 0 Å². The average Bonchev–Trinajstić information content (AvgIpc) is 2.37. The van der Waals surface area contributed by atoms with Crippen molar-refractivity contribution in [1.82, 2.24) is 4.98 Å². The smallest absolute Gasteiger partial charge is 0.113 e. The van der Waals surface area contributed by atoms with E-state index in [1.165, 1.54) is 6.07 Å². The summed E-state index contributed by atoms with van der Waals surface area (Å²) >= 11 is 0. The van der Waals surface area contributed by atoms with Crippen LogP contribution in [0.4, 0.5) is 0 Å². The van der Waals surface area contributed by atoms with Gasteiger partial charge in [0.25, 0.3) is 0 Å². The first-order valence-electron chi connectivity index (χ1n) is 6.10. The Kier molecular flexibility index (Phi) is 1.90. The Morgan fingerprint density at radius 1 is 1.00 bits per heavy atom. The van der Waals surface area contributed by atoms with Crippen LogP contribution in [0.1, 0.15) is 21.1 Å². The van der Waals surface area contributed by atoms with Crippen molar-refractivity contribution in [2.45, 2.75) is 6.85 Å². The highest BCUT2D eigenvalue weighted by atomic mass is 14.7. The molecule has 0 saturated carbocycles. The second-order valence-corrected chi connectivity index (χ2v) is 3.02. The standard InChI is InChI=1S/C14H11N/c1-12-6-5-9-14(15-12)11-10-13-7-3-2-4-8-13/h2-9H,1H3/i1T3. The van der Waals surface area contributed by atoms with Crippen molar-refractivity contribution in [2.24, 2.45) is 0 Å². The first-order valence-corrected chi connectivity index (χ1v) is 4.60. The van der Waals surface area contributed by atoms with Gasteiger partial charge in [0.2, 0.25) is 0 Å². The molecule has 0 N–H and O–H groups in total. The van der Waals surface area contributed by atoms with Crippen molar-refractivity contribution < 1.29 is 4.11 Å². The summed E-state index contributed by atoms with van der Waals surface area (Å²) in [5, 5.41) is 0. The third-order valence-electron chi connectivity index (χ3n) is 1.86. The normalized spacial score (nSPS) is 12.9. The molecule has 0 amide bonds. The van der Waals surface area contributed by atoms with E-state index in [1.807, 2.05) is 30.3 Å². The molecule has 0 bridgehead atoms. The first kappa shape index (κ1) is 6.42. The van der Waals surface area contributed by atoms with Crippen LogP contribution in [-0.2, 0) is 0 Å². The molecular weight excluding hydrogens is 182 g/mol. The Labute approximate surface area is 94.0 Å². The predicted molar refractivity (Wildman–Crippen MR) is 61.4 cm³/mol. The van der Waals surface area contributed by atoms with E-state index >= 15 is 0 Å². The van der Waals surface area contributed by atoms with Gasteiger partial charge in [0, 0.05) is 15.4 Å². The van der Waals surface area contributed by atoms with E-state index in [9.17, 15) is 0 Å². The molecule has 1 nitrogen and oxygen atoms in total. The summed E-state index contributed by atoms with van der Waals surface area (Å²) in [6, 6.07) is 14.3. The molecule has 72 valence electrons. The maximum atomic E-state index is 7.29. The molecule has 0 radical (unpaired) electrons. The van der Waals surface area contributed by atoms with Gasteiger partial charge in [-0.2, -0.15) is 0 Å². The Balaban J connectivity index is 2.29. The number of aryl methyl sites for hydroxylation is 1. The van der Waals surface area contributed by atoms with Crippen LogP contribution in [0.25, 0.3) is 0 Å². The summed E-state index contributed by atoms with van der Waals surface area (Å²) < 4.78 is 21.9. The highest BCUT2D eigenvalue weighted by molar-refractivity contribution is 5.39. The molecule has 0 spiro atoms. The molecule has 0 atom stereocenters. The molecular formula is C14H11N. The second-order valence-electron chi connectivity index (χ2n) is 3.02. The van der Waals surface area contributed by atoms with Gasteiger partial charge in [-0.25, -0.2) is 4.98 Å². The molecule has 1 heterocycles. The molecule has 1 heteroatoms. The van der Waals surface area contributed by atoms with E-state index in [1.54, 1.807) is 12.1 Å². The van der Waals surface area contributed by atoms with E-state index in [4.69, 9.17) is 4.11 Å². The topological polar surface area (TPSA) is 12.9 Å². The van der Waals surface area contributed by atoms with Crippen LogP contribution in [0.5, 0.6) is 0 Å². The predicted octanol–water partition coefficient (Wildman–Crippen LogP) is 2.79. The lowest BCUT2D eigenvalue weighted by Crippen LogP contribution is -1.84. The Morgan fingerprint density at radius 3 is 2.67 bits per heavy atom. The summed E-state index contributed by atoms with van der Waals surface area (Å²) in [6.45, 7) is -2.19. The fraction of sp³-hybridized carbons (Fsp3) is 0.0714. The fourth-order valence-electron chi connectivity index (χ4n) is 1.16. The third kappa shape index (κ3) is 2.69. The average molecular weight is 199 g/mol. The Morgan fingerprint density at radius 2 is 1.87 bits per heavy atom. The van der Waals surface area contributed by atoms with Crippen LogP contribution in [-0.4, -0.2) is 4.98 Å². The zero-order valence-electron chi connectivity index (χ0n) is 11.1. The zero-order valence-corrected chi connectivity index (χ0v) is 8.07. The SMILES string of the molecule is [3H]C([3H])([3H])c1cccc(C#Cc2ccccc2)n1. The quantitative estimate of drug-likeness (QED) is 0.594. The summed E-state index contributed by atoms with van der Waals surface area (Å²) in [4.78, 5) is 4.02. The van der Waals surface area contributed by atoms with Crippen LogP contribution in [0, 0.1) is 18.7 Å². The lowest BCUT2D eigenvalue weighted by molar-refractivity contribution is 1.18. The van der Waals surface area contributed by atoms with Crippen molar-refractivity contribution in [2.75, 3.05) is 0 Å². The number of rotatable bonds is 0. The van der Waals surface area contributed by atoms with Crippen LogP contribution >= 0.6 is 0 Å². The van der Waals surface area contributed by atoms with Crippen molar-refractivity contribution in [1.29, 1.82) is 0 Å².